The second-order valence-corrected chi connectivity index (χ2v) is 5.61. The van der Waals surface area contributed by atoms with Gasteiger partial charge >= 0.3 is 0 Å². The lowest BCUT2D eigenvalue weighted by atomic mass is 10.1. The minimum Gasteiger partial charge on any atom is -0.482 e. The van der Waals surface area contributed by atoms with E-state index in [-0.39, 0.29) is 12.0 Å². The molecule has 2 atom stereocenters. The predicted molar refractivity (Wildman–Crippen MR) is 74.2 cm³/mol. The standard InChI is InChI=1S/C13H13N3O3S/c1-7-11(12(17)14-13-16-15-8(2)20-13)19-10-6-4-3-5-9(10)18-7/h3-7,11H,1-2H3,(H,14,16,17). The number of nitrogens with zero attached hydrogens (tertiary/aromatic N) is 2. The molecule has 2 unspecified atom stereocenters. The van der Waals surface area contributed by atoms with Crippen LogP contribution in [-0.4, -0.2) is 28.3 Å². The molecule has 1 aliphatic rings. The predicted octanol–water partition coefficient (Wildman–Crippen LogP) is 2.01. The second kappa shape index (κ2) is 5.09. The first kappa shape index (κ1) is 12.9. The van der Waals surface area contributed by atoms with Gasteiger partial charge < -0.3 is 9.47 Å². The summed E-state index contributed by atoms with van der Waals surface area (Å²) >= 11 is 1.32. The van der Waals surface area contributed by atoms with Crippen LogP contribution in [0.3, 0.4) is 0 Å². The van der Waals surface area contributed by atoms with Gasteiger partial charge in [-0.15, -0.1) is 10.2 Å². The topological polar surface area (TPSA) is 73.3 Å². The van der Waals surface area contributed by atoms with E-state index in [9.17, 15) is 4.79 Å². The lowest BCUT2D eigenvalue weighted by Crippen LogP contribution is -2.46. The van der Waals surface area contributed by atoms with Crippen molar-refractivity contribution in [3.8, 4) is 11.5 Å². The van der Waals surface area contributed by atoms with Crippen LogP contribution in [0.15, 0.2) is 24.3 Å². The van der Waals surface area contributed by atoms with Crippen molar-refractivity contribution in [3.63, 3.8) is 0 Å². The Morgan fingerprint density at radius 1 is 1.25 bits per heavy atom. The average Bonchev–Trinajstić information content (AvgIpc) is 2.83. The normalized spacial score (nSPS) is 20.5. The van der Waals surface area contributed by atoms with E-state index < -0.39 is 6.10 Å². The molecule has 0 spiro atoms. The summed E-state index contributed by atoms with van der Waals surface area (Å²) in [7, 11) is 0. The highest BCUT2D eigenvalue weighted by Crippen LogP contribution is 2.33. The molecule has 7 heteroatoms. The van der Waals surface area contributed by atoms with Gasteiger partial charge in [-0.1, -0.05) is 23.5 Å². The van der Waals surface area contributed by atoms with Gasteiger partial charge in [-0.3, -0.25) is 10.1 Å². The van der Waals surface area contributed by atoms with Crippen LogP contribution in [0.2, 0.25) is 0 Å². The summed E-state index contributed by atoms with van der Waals surface area (Å²) in [4.78, 5) is 12.2. The molecule has 0 aliphatic carbocycles. The van der Waals surface area contributed by atoms with Gasteiger partial charge in [0, 0.05) is 0 Å². The van der Waals surface area contributed by atoms with E-state index in [1.807, 2.05) is 25.1 Å². The quantitative estimate of drug-likeness (QED) is 0.916. The Bertz CT molecular complexity index is 643. The van der Waals surface area contributed by atoms with Crippen molar-refractivity contribution in [1.82, 2.24) is 10.2 Å². The lowest BCUT2D eigenvalue weighted by molar-refractivity contribution is -0.128. The molecule has 1 aromatic heterocycles. The fourth-order valence-electron chi connectivity index (χ4n) is 1.93. The van der Waals surface area contributed by atoms with Gasteiger partial charge in [-0.05, 0) is 26.0 Å². The van der Waals surface area contributed by atoms with E-state index in [1.54, 1.807) is 13.0 Å². The molecule has 1 aliphatic heterocycles. The molecule has 0 saturated carbocycles. The molecular formula is C13H13N3O3S. The highest BCUT2D eigenvalue weighted by molar-refractivity contribution is 7.15. The molecule has 6 nitrogen and oxygen atoms in total. The Morgan fingerprint density at radius 3 is 2.60 bits per heavy atom. The van der Waals surface area contributed by atoms with Gasteiger partial charge in [0.1, 0.15) is 11.1 Å². The van der Waals surface area contributed by atoms with Crippen LogP contribution in [0.4, 0.5) is 5.13 Å². The molecule has 2 heterocycles. The zero-order chi connectivity index (χ0) is 14.1. The number of amides is 1. The Kier molecular flexibility index (Phi) is 3.27. The van der Waals surface area contributed by atoms with Crippen molar-refractivity contribution < 1.29 is 14.3 Å². The number of aryl methyl sites for hydroxylation is 1. The summed E-state index contributed by atoms with van der Waals surface area (Å²) in [5.74, 6) is 0.929. The maximum absolute atomic E-state index is 12.2. The molecule has 1 amide bonds. The van der Waals surface area contributed by atoms with Crippen molar-refractivity contribution in [1.29, 1.82) is 0 Å². The first-order valence-electron chi connectivity index (χ1n) is 6.17. The highest BCUT2D eigenvalue weighted by Gasteiger charge is 2.34. The minimum absolute atomic E-state index is 0.289. The number of nitrogens with one attached hydrogen (secondary N) is 1. The fourth-order valence-corrected chi connectivity index (χ4v) is 2.52. The maximum Gasteiger partial charge on any atom is 0.271 e. The molecule has 20 heavy (non-hydrogen) atoms. The second-order valence-electron chi connectivity index (χ2n) is 4.42. The van der Waals surface area contributed by atoms with E-state index in [0.717, 1.165) is 5.01 Å². The third-order valence-electron chi connectivity index (χ3n) is 2.86. The van der Waals surface area contributed by atoms with E-state index in [2.05, 4.69) is 15.5 Å². The zero-order valence-corrected chi connectivity index (χ0v) is 11.8. The van der Waals surface area contributed by atoms with Crippen molar-refractivity contribution in [2.24, 2.45) is 0 Å². The van der Waals surface area contributed by atoms with E-state index >= 15 is 0 Å². The Balaban J connectivity index is 1.75. The first-order valence-corrected chi connectivity index (χ1v) is 6.98. The van der Waals surface area contributed by atoms with Crippen molar-refractivity contribution >= 4 is 22.4 Å². The highest BCUT2D eigenvalue weighted by atomic mass is 32.1. The molecule has 104 valence electrons. The third-order valence-corrected chi connectivity index (χ3v) is 3.61. The van der Waals surface area contributed by atoms with Crippen LogP contribution in [0.1, 0.15) is 11.9 Å². The number of benzene rings is 1. The molecule has 3 rings (SSSR count). The van der Waals surface area contributed by atoms with Crippen LogP contribution in [-0.2, 0) is 4.79 Å². The van der Waals surface area contributed by atoms with Crippen molar-refractivity contribution in [2.45, 2.75) is 26.1 Å². The number of fused-ring (bicyclic) bond motifs is 1. The number of rotatable bonds is 2. The lowest BCUT2D eigenvalue weighted by Gasteiger charge is -2.30. The van der Waals surface area contributed by atoms with Gasteiger partial charge in [0.15, 0.2) is 11.5 Å². The minimum atomic E-state index is -0.714. The van der Waals surface area contributed by atoms with Crippen molar-refractivity contribution in [2.75, 3.05) is 5.32 Å². The Hall–Kier alpha value is -2.15. The average molecular weight is 291 g/mol. The summed E-state index contributed by atoms with van der Waals surface area (Å²) < 4.78 is 11.4. The van der Waals surface area contributed by atoms with Crippen LogP contribution in [0, 0.1) is 6.92 Å². The van der Waals surface area contributed by atoms with Gasteiger partial charge in [-0.2, -0.15) is 0 Å². The molecular weight excluding hydrogens is 278 g/mol. The number of hydrogen-bond acceptors (Lipinski definition) is 6. The first-order chi connectivity index (χ1) is 9.63. The number of carbonyl (C=O) groups excluding carboxylic acids is 1. The summed E-state index contributed by atoms with van der Waals surface area (Å²) in [6, 6.07) is 7.28. The van der Waals surface area contributed by atoms with Crippen LogP contribution in [0.25, 0.3) is 0 Å². The molecule has 0 fully saturated rings. The molecule has 0 bridgehead atoms. The van der Waals surface area contributed by atoms with Crippen LogP contribution < -0.4 is 14.8 Å². The monoisotopic (exact) mass is 291 g/mol. The van der Waals surface area contributed by atoms with Gasteiger partial charge in [-0.25, -0.2) is 0 Å². The molecule has 0 saturated heterocycles. The van der Waals surface area contributed by atoms with E-state index in [4.69, 9.17) is 9.47 Å². The summed E-state index contributed by atoms with van der Waals surface area (Å²) in [5.41, 5.74) is 0. The summed E-state index contributed by atoms with van der Waals surface area (Å²) in [6.07, 6.45) is -1.09. The third kappa shape index (κ3) is 2.44. The molecule has 1 N–H and O–H groups in total. The molecule has 0 radical (unpaired) electrons. The van der Waals surface area contributed by atoms with Gasteiger partial charge in [0.05, 0.1) is 0 Å². The van der Waals surface area contributed by atoms with Gasteiger partial charge in [0.25, 0.3) is 5.91 Å². The largest absolute Gasteiger partial charge is 0.482 e. The van der Waals surface area contributed by atoms with E-state index in [0.29, 0.717) is 16.6 Å². The maximum atomic E-state index is 12.2. The zero-order valence-electron chi connectivity index (χ0n) is 11.0. The summed E-state index contributed by atoms with van der Waals surface area (Å²) in [5, 5.41) is 11.7. The Morgan fingerprint density at radius 2 is 1.95 bits per heavy atom. The Labute approximate surface area is 119 Å². The van der Waals surface area contributed by atoms with Crippen LogP contribution in [0.5, 0.6) is 11.5 Å². The van der Waals surface area contributed by atoms with E-state index in [1.165, 1.54) is 11.3 Å². The van der Waals surface area contributed by atoms with Crippen molar-refractivity contribution in [3.05, 3.63) is 29.3 Å². The number of aromatic nitrogens is 2. The smallest absolute Gasteiger partial charge is 0.271 e. The SMILES string of the molecule is Cc1nnc(NC(=O)C2Oc3ccccc3OC2C)s1. The molecule has 2 aromatic rings. The number of para-hydroxylation sites is 2. The molecule has 1 aromatic carbocycles. The van der Waals surface area contributed by atoms with Gasteiger partial charge in [0.2, 0.25) is 11.2 Å². The number of anilines is 1. The van der Waals surface area contributed by atoms with Crippen LogP contribution >= 0.6 is 11.3 Å². The summed E-state index contributed by atoms with van der Waals surface area (Å²) in [6.45, 7) is 3.62. The fraction of sp³-hybridized carbons (Fsp3) is 0.308. The number of ether oxygens (including phenoxy) is 2. The number of hydrogen-bond donors (Lipinski definition) is 1. The number of carbonyl (C=O) groups is 1.